The average Bonchev–Trinajstić information content (AvgIpc) is 3.09. The standard InChI is InChI=1S/C17H27FN3O12PS/c18-10-12(24)8(35-15(10)21-2-1-9(19)20-17(21)27)6-32-34(28,29)31-4-3-30-16-14(26)13(25)11(23)7(5-22)33-16/h1-2,7-8,10-16,22-26H,3-6H2,(H,28,29)(H2,19,20,27)/t7?,8-,10+,11-,12-,13?,14+,15-,16-/m1/s1. The summed E-state index contributed by atoms with van der Waals surface area (Å²) in [6, 6.07) is 1.28. The second-order valence-electron chi connectivity index (χ2n) is 7.71. The van der Waals surface area contributed by atoms with Crippen molar-refractivity contribution in [3.05, 3.63) is 22.7 Å². The van der Waals surface area contributed by atoms with Crippen LogP contribution in [0.5, 0.6) is 0 Å². The number of alkyl halides is 1. The minimum atomic E-state index is -4.68. The predicted octanol–water partition coefficient (Wildman–Crippen LogP) is -2.91. The van der Waals surface area contributed by atoms with Crippen LogP contribution in [0.1, 0.15) is 5.37 Å². The molecule has 10 atom stereocenters. The molecule has 200 valence electrons. The van der Waals surface area contributed by atoms with Gasteiger partial charge in [-0.05, 0) is 6.07 Å². The maximum Gasteiger partial charge on any atom is 0.472 e. The highest BCUT2D eigenvalue weighted by atomic mass is 32.2. The SMILES string of the molecule is Nc1ccn([C@@H]2S[C@H](COP(=O)(O)OCCO[C@@H]3OC(CO)[C@@H](O)C(O)[C@@H]3O)[C@@H](O)[C@@H]2F)c(=O)n1. The Kier molecular flexibility index (Phi) is 9.64. The average molecular weight is 547 g/mol. The van der Waals surface area contributed by atoms with E-state index in [0.717, 1.165) is 16.3 Å². The summed E-state index contributed by atoms with van der Waals surface area (Å²) in [5.41, 5.74) is 4.58. The maximum absolute atomic E-state index is 14.6. The fourth-order valence-corrected chi connectivity index (χ4v) is 5.66. The lowest BCUT2D eigenvalue weighted by Crippen LogP contribution is -2.59. The van der Waals surface area contributed by atoms with Gasteiger partial charge in [-0.3, -0.25) is 13.6 Å². The molecule has 0 radical (unpaired) electrons. The Morgan fingerprint density at radius 1 is 1.17 bits per heavy atom. The zero-order valence-corrected chi connectivity index (χ0v) is 19.7. The molecule has 0 aliphatic carbocycles. The van der Waals surface area contributed by atoms with Crippen molar-refractivity contribution >= 4 is 25.4 Å². The van der Waals surface area contributed by atoms with Crippen molar-refractivity contribution in [2.75, 3.05) is 32.2 Å². The van der Waals surface area contributed by atoms with Crippen molar-refractivity contribution in [2.24, 2.45) is 0 Å². The first-order valence-corrected chi connectivity index (χ1v) is 12.7. The van der Waals surface area contributed by atoms with Crippen LogP contribution in [0.2, 0.25) is 0 Å². The monoisotopic (exact) mass is 547 g/mol. The number of phosphoric ester groups is 1. The van der Waals surface area contributed by atoms with E-state index in [1.54, 1.807) is 0 Å². The molecule has 8 N–H and O–H groups in total. The molecule has 0 saturated carbocycles. The van der Waals surface area contributed by atoms with Crippen LogP contribution in [0.15, 0.2) is 17.1 Å². The van der Waals surface area contributed by atoms with E-state index in [4.69, 9.17) is 29.4 Å². The van der Waals surface area contributed by atoms with Crippen LogP contribution in [-0.2, 0) is 23.1 Å². The molecule has 0 spiro atoms. The van der Waals surface area contributed by atoms with Crippen LogP contribution in [-0.4, -0.2) is 115 Å². The van der Waals surface area contributed by atoms with Gasteiger partial charge in [-0.2, -0.15) is 4.98 Å². The van der Waals surface area contributed by atoms with Crippen molar-refractivity contribution in [1.29, 1.82) is 0 Å². The number of nitrogens with zero attached hydrogens (tertiary/aromatic N) is 2. The van der Waals surface area contributed by atoms with Crippen LogP contribution in [0.4, 0.5) is 10.2 Å². The molecule has 0 amide bonds. The number of phosphoric acid groups is 1. The molecule has 15 nitrogen and oxygen atoms in total. The van der Waals surface area contributed by atoms with Crippen LogP contribution in [0.25, 0.3) is 0 Å². The molecule has 35 heavy (non-hydrogen) atoms. The molecule has 1 aromatic rings. The number of hydrogen-bond acceptors (Lipinski definition) is 14. The number of anilines is 1. The van der Waals surface area contributed by atoms with Crippen LogP contribution >= 0.6 is 19.6 Å². The van der Waals surface area contributed by atoms with Gasteiger partial charge in [0.15, 0.2) is 12.5 Å². The first-order valence-electron chi connectivity index (χ1n) is 10.3. The predicted molar refractivity (Wildman–Crippen MR) is 116 cm³/mol. The van der Waals surface area contributed by atoms with Crippen molar-refractivity contribution in [3.8, 4) is 0 Å². The number of aliphatic hydroxyl groups excluding tert-OH is 5. The summed E-state index contributed by atoms with van der Waals surface area (Å²) in [6.45, 7) is -2.21. The van der Waals surface area contributed by atoms with Crippen molar-refractivity contribution in [3.63, 3.8) is 0 Å². The zero-order chi connectivity index (χ0) is 25.9. The molecule has 18 heteroatoms. The second kappa shape index (κ2) is 11.9. The minimum Gasteiger partial charge on any atom is -0.394 e. The van der Waals surface area contributed by atoms with Crippen LogP contribution in [0.3, 0.4) is 0 Å². The van der Waals surface area contributed by atoms with Gasteiger partial charge in [0, 0.05) is 6.20 Å². The molecule has 3 rings (SSSR count). The Bertz CT molecular complexity index is 959. The van der Waals surface area contributed by atoms with Crippen molar-refractivity contribution in [2.45, 2.75) is 53.6 Å². The molecule has 3 heterocycles. The van der Waals surface area contributed by atoms with Crippen molar-refractivity contribution in [1.82, 2.24) is 9.55 Å². The Hall–Kier alpha value is -1.21. The molecule has 2 fully saturated rings. The molecule has 2 aliphatic rings. The lowest BCUT2D eigenvalue weighted by atomic mass is 9.99. The number of hydrogen-bond donors (Lipinski definition) is 7. The van der Waals surface area contributed by atoms with Gasteiger partial charge < -0.3 is 45.6 Å². The zero-order valence-electron chi connectivity index (χ0n) is 18.0. The summed E-state index contributed by atoms with van der Waals surface area (Å²) in [5, 5.41) is 46.4. The highest BCUT2D eigenvalue weighted by molar-refractivity contribution is 8.00. The topological polar surface area (TPSA) is 236 Å². The summed E-state index contributed by atoms with van der Waals surface area (Å²) in [5.74, 6) is -0.0565. The van der Waals surface area contributed by atoms with E-state index in [2.05, 4.69) is 4.98 Å². The summed E-state index contributed by atoms with van der Waals surface area (Å²) >= 11 is 0.801. The third kappa shape index (κ3) is 6.76. The summed E-state index contributed by atoms with van der Waals surface area (Å²) in [6.07, 6.45) is -9.83. The summed E-state index contributed by atoms with van der Waals surface area (Å²) < 4.78 is 47.4. The Morgan fingerprint density at radius 3 is 2.54 bits per heavy atom. The van der Waals surface area contributed by atoms with Gasteiger partial charge in [0.25, 0.3) is 0 Å². The molecule has 2 saturated heterocycles. The van der Waals surface area contributed by atoms with Crippen molar-refractivity contribution < 1.29 is 57.9 Å². The lowest BCUT2D eigenvalue weighted by molar-refractivity contribution is -0.301. The summed E-state index contributed by atoms with van der Waals surface area (Å²) in [7, 11) is -4.68. The summed E-state index contributed by atoms with van der Waals surface area (Å²) in [4.78, 5) is 25.3. The van der Waals surface area contributed by atoms with Gasteiger partial charge in [0.1, 0.15) is 41.7 Å². The molecule has 2 aliphatic heterocycles. The van der Waals surface area contributed by atoms with Gasteiger partial charge in [-0.15, -0.1) is 11.8 Å². The largest absolute Gasteiger partial charge is 0.472 e. The number of aromatic nitrogens is 2. The minimum absolute atomic E-state index is 0.0565. The third-order valence-corrected chi connectivity index (χ3v) is 7.80. The Balaban J connectivity index is 1.46. The Morgan fingerprint density at radius 2 is 1.89 bits per heavy atom. The van der Waals surface area contributed by atoms with Gasteiger partial charge in [-0.1, -0.05) is 0 Å². The number of nitrogens with two attached hydrogens (primary N) is 1. The van der Waals surface area contributed by atoms with E-state index in [9.17, 15) is 39.1 Å². The molecule has 1 aromatic heterocycles. The van der Waals surface area contributed by atoms with Crippen LogP contribution in [0, 0.1) is 0 Å². The third-order valence-electron chi connectivity index (χ3n) is 5.29. The highest BCUT2D eigenvalue weighted by Gasteiger charge is 2.46. The quantitative estimate of drug-likeness (QED) is 0.115. The van der Waals surface area contributed by atoms with Gasteiger partial charge in [-0.25, -0.2) is 13.8 Å². The number of aliphatic hydroxyl groups is 5. The van der Waals surface area contributed by atoms with E-state index in [1.807, 2.05) is 0 Å². The van der Waals surface area contributed by atoms with E-state index in [1.165, 1.54) is 12.3 Å². The fraction of sp³-hybridized carbons (Fsp3) is 0.765. The lowest BCUT2D eigenvalue weighted by Gasteiger charge is -2.39. The molecule has 0 aromatic carbocycles. The van der Waals surface area contributed by atoms with E-state index < -0.39 is 93.5 Å². The fourth-order valence-electron chi connectivity index (χ4n) is 3.41. The van der Waals surface area contributed by atoms with E-state index in [0.29, 0.717) is 0 Å². The molecular weight excluding hydrogens is 520 g/mol. The maximum atomic E-state index is 14.6. The van der Waals surface area contributed by atoms with E-state index in [-0.39, 0.29) is 5.82 Å². The number of nitrogen functional groups attached to an aromatic ring is 1. The first kappa shape index (κ1) is 28.4. The molecule has 0 bridgehead atoms. The number of halogens is 1. The first-order chi connectivity index (χ1) is 16.4. The number of ether oxygens (including phenoxy) is 2. The number of rotatable bonds is 10. The Labute approximate surface area is 201 Å². The second-order valence-corrected chi connectivity index (χ2v) is 10.5. The smallest absolute Gasteiger partial charge is 0.394 e. The van der Waals surface area contributed by atoms with Gasteiger partial charge in [0.05, 0.1) is 31.7 Å². The van der Waals surface area contributed by atoms with Crippen LogP contribution < -0.4 is 11.4 Å². The molecular formula is C17H27FN3O12PS. The van der Waals surface area contributed by atoms with Gasteiger partial charge >= 0.3 is 13.5 Å². The number of thioether (sulfide) groups is 1. The highest BCUT2D eigenvalue weighted by Crippen LogP contribution is 2.48. The normalized spacial score (nSPS) is 37.3. The van der Waals surface area contributed by atoms with E-state index >= 15 is 0 Å². The molecule has 3 unspecified atom stereocenters. The van der Waals surface area contributed by atoms with Gasteiger partial charge in [0.2, 0.25) is 0 Å².